The first-order valence-electron chi connectivity index (χ1n) is 3.11. The van der Waals surface area contributed by atoms with E-state index < -0.39 is 0 Å². The van der Waals surface area contributed by atoms with Crippen molar-refractivity contribution in [3.63, 3.8) is 0 Å². The number of nitrogens with one attached hydrogen (secondary N) is 1. The van der Waals surface area contributed by atoms with E-state index in [0.717, 1.165) is 16.6 Å². The van der Waals surface area contributed by atoms with E-state index >= 15 is 0 Å². The van der Waals surface area contributed by atoms with Gasteiger partial charge in [0, 0.05) is 0 Å². The van der Waals surface area contributed by atoms with Crippen LogP contribution in [0.3, 0.4) is 0 Å². The summed E-state index contributed by atoms with van der Waals surface area (Å²) in [5.74, 6) is 0. The third-order valence-corrected chi connectivity index (χ3v) is 3.63. The van der Waals surface area contributed by atoms with Crippen molar-refractivity contribution >= 4 is 31.9 Å². The fourth-order valence-corrected chi connectivity index (χ4v) is 3.24. The molecule has 0 unspecified atom stereocenters. The predicted molar refractivity (Wildman–Crippen MR) is 43.9 cm³/mol. The maximum atomic E-state index is 11.1. The molecule has 1 aromatic rings. The van der Waals surface area contributed by atoms with E-state index in [1.54, 1.807) is 4.57 Å². The maximum absolute atomic E-state index is 11.1. The molecule has 0 spiro atoms. The van der Waals surface area contributed by atoms with Crippen molar-refractivity contribution in [2.75, 3.05) is 0 Å². The molecule has 0 saturated carbocycles. The zero-order valence-electron chi connectivity index (χ0n) is 5.53. The average Bonchev–Trinajstić information content (AvgIpc) is 2.34. The van der Waals surface area contributed by atoms with Crippen LogP contribution in [0.15, 0.2) is 4.79 Å². The molecule has 58 valence electrons. The summed E-state index contributed by atoms with van der Waals surface area (Å²) in [5.41, 5.74) is -0.112. The van der Waals surface area contributed by atoms with Crippen molar-refractivity contribution in [2.24, 2.45) is 0 Å². The number of rotatable bonds is 0. The molecule has 0 atom stereocenters. The minimum absolute atomic E-state index is 0.112. The first-order chi connectivity index (χ1) is 5.27. The molecule has 2 heterocycles. The molecular weight excluding hydrogens is 229 g/mol. The fourth-order valence-electron chi connectivity index (χ4n) is 0.957. The van der Waals surface area contributed by atoms with Crippen LogP contribution in [0.5, 0.6) is 0 Å². The van der Waals surface area contributed by atoms with Gasteiger partial charge in [-0.05, 0) is 0 Å². The number of aromatic amines is 1. The Kier molecular flexibility index (Phi) is 1.67. The number of hydrogen-bond donors (Lipinski definition) is 1. The molecular formula is C5H5N3OSSe. The van der Waals surface area contributed by atoms with Crippen molar-refractivity contribution in [3.05, 3.63) is 15.3 Å². The van der Waals surface area contributed by atoms with Gasteiger partial charge in [0.2, 0.25) is 0 Å². The molecule has 1 N–H and O–H groups in total. The molecule has 0 amide bonds. The Morgan fingerprint density at radius 1 is 1.73 bits per heavy atom. The van der Waals surface area contributed by atoms with Crippen LogP contribution >= 0.6 is 12.2 Å². The van der Waals surface area contributed by atoms with Gasteiger partial charge in [0.1, 0.15) is 0 Å². The summed E-state index contributed by atoms with van der Waals surface area (Å²) in [6.45, 7) is 0.799. The van der Waals surface area contributed by atoms with Crippen molar-refractivity contribution in [3.8, 4) is 0 Å². The molecule has 11 heavy (non-hydrogen) atoms. The van der Waals surface area contributed by atoms with Gasteiger partial charge in [0.15, 0.2) is 0 Å². The van der Waals surface area contributed by atoms with Gasteiger partial charge in [-0.3, -0.25) is 0 Å². The van der Waals surface area contributed by atoms with Crippen molar-refractivity contribution in [2.45, 2.75) is 11.9 Å². The second-order valence-corrected chi connectivity index (χ2v) is 4.74. The van der Waals surface area contributed by atoms with Gasteiger partial charge in [0.25, 0.3) is 0 Å². The van der Waals surface area contributed by atoms with Crippen LogP contribution in [0.1, 0.15) is 0 Å². The number of hydrogen-bond acceptors (Lipinski definition) is 3. The predicted octanol–water partition coefficient (Wildman–Crippen LogP) is -0.938. The van der Waals surface area contributed by atoms with E-state index in [1.165, 1.54) is 0 Å². The molecule has 1 aliphatic rings. The molecule has 0 aromatic carbocycles. The van der Waals surface area contributed by atoms with Crippen molar-refractivity contribution in [1.29, 1.82) is 0 Å². The van der Waals surface area contributed by atoms with Gasteiger partial charge in [-0.2, -0.15) is 0 Å². The molecule has 0 radical (unpaired) electrons. The van der Waals surface area contributed by atoms with E-state index in [-0.39, 0.29) is 5.69 Å². The Morgan fingerprint density at radius 3 is 3.36 bits per heavy atom. The molecule has 1 aromatic heterocycles. The number of aromatic nitrogens is 3. The van der Waals surface area contributed by atoms with Crippen LogP contribution in [0.25, 0.3) is 0 Å². The Bertz CT molecular complexity index is 395. The summed E-state index contributed by atoms with van der Waals surface area (Å²) < 4.78 is 2.85. The minimum atomic E-state index is -0.112. The van der Waals surface area contributed by atoms with Crippen LogP contribution in [0, 0.1) is 4.77 Å². The van der Waals surface area contributed by atoms with Gasteiger partial charge >= 0.3 is 73.6 Å². The Labute approximate surface area is 73.8 Å². The van der Waals surface area contributed by atoms with Crippen molar-refractivity contribution in [1.82, 2.24) is 14.5 Å². The first kappa shape index (κ1) is 7.21. The zero-order chi connectivity index (χ0) is 7.84. The van der Waals surface area contributed by atoms with E-state index in [1.807, 2.05) is 0 Å². The van der Waals surface area contributed by atoms with Crippen molar-refractivity contribution < 1.29 is 0 Å². The van der Waals surface area contributed by atoms with Gasteiger partial charge in [-0.25, -0.2) is 0 Å². The monoisotopic (exact) mass is 235 g/mol. The molecule has 0 saturated heterocycles. The summed E-state index contributed by atoms with van der Waals surface area (Å²) >= 11 is 5.12. The van der Waals surface area contributed by atoms with Crippen LogP contribution in [0.4, 0.5) is 0 Å². The third-order valence-electron chi connectivity index (χ3n) is 1.43. The molecule has 6 heteroatoms. The summed E-state index contributed by atoms with van der Waals surface area (Å²) in [4.78, 5) is 17.7. The van der Waals surface area contributed by atoms with E-state index in [0.29, 0.717) is 19.7 Å². The van der Waals surface area contributed by atoms with Gasteiger partial charge in [0.05, 0.1) is 0 Å². The molecule has 2 rings (SSSR count). The SMILES string of the molecule is O=c1[nH]c(=S)nc2n1CC[Se]2. The zero-order valence-corrected chi connectivity index (χ0v) is 8.06. The standard InChI is InChI=1S/C5H5N3OSSe/c9-4-6-3(10)7-5-8(4)1-2-11-5/h1-2H2,(H,6,9,10). The number of H-pyrrole nitrogens is 1. The van der Waals surface area contributed by atoms with E-state index in [4.69, 9.17) is 12.2 Å². The fraction of sp³-hybridized carbons (Fsp3) is 0.400. The Morgan fingerprint density at radius 2 is 2.55 bits per heavy atom. The molecule has 0 bridgehead atoms. The average molecular weight is 234 g/mol. The van der Waals surface area contributed by atoms with Crippen LogP contribution in [0.2, 0.25) is 5.32 Å². The molecule has 4 nitrogen and oxygen atoms in total. The molecule has 1 aliphatic heterocycles. The summed E-state index contributed by atoms with van der Waals surface area (Å²) in [7, 11) is 0. The summed E-state index contributed by atoms with van der Waals surface area (Å²) in [5, 5.41) is 1.06. The Balaban J connectivity index is 2.80. The van der Waals surface area contributed by atoms with E-state index in [2.05, 4.69) is 9.97 Å². The Hall–Kier alpha value is -0.451. The van der Waals surface area contributed by atoms with Gasteiger partial charge in [-0.1, -0.05) is 0 Å². The molecule has 0 fully saturated rings. The quantitative estimate of drug-likeness (QED) is 0.465. The number of fused-ring (bicyclic) bond motifs is 1. The first-order valence-corrected chi connectivity index (χ1v) is 5.59. The van der Waals surface area contributed by atoms with Gasteiger partial charge < -0.3 is 0 Å². The normalized spacial score (nSPS) is 14.9. The number of nitrogens with zero attached hydrogens (tertiary/aromatic N) is 2. The van der Waals surface area contributed by atoms with E-state index in [9.17, 15) is 4.79 Å². The van der Waals surface area contributed by atoms with Crippen LogP contribution in [-0.4, -0.2) is 29.5 Å². The second-order valence-electron chi connectivity index (χ2n) is 2.13. The topological polar surface area (TPSA) is 50.7 Å². The summed E-state index contributed by atoms with van der Waals surface area (Å²) in [6, 6.07) is 0. The van der Waals surface area contributed by atoms with Gasteiger partial charge in [-0.15, -0.1) is 0 Å². The molecule has 0 aliphatic carbocycles. The third kappa shape index (κ3) is 1.17. The summed E-state index contributed by atoms with van der Waals surface area (Å²) in [6.07, 6.45) is 0. The second kappa shape index (κ2) is 2.55. The van der Waals surface area contributed by atoms with Crippen LogP contribution < -0.4 is 10.4 Å². The van der Waals surface area contributed by atoms with Crippen LogP contribution in [-0.2, 0) is 6.54 Å².